The summed E-state index contributed by atoms with van der Waals surface area (Å²) in [6.07, 6.45) is 0.850. The standard InChI is InChI=1S/C21H26ClN3O3/c1-14(12-16-6-4-7-17(13-16)28-3)24-21(27)23-11-10-20(26)25-19-9-5-8-18(22)15(19)2/h4-9,13-14H,10-12H2,1-3H3,(H,25,26)(H2,23,24,27). The highest BCUT2D eigenvalue weighted by atomic mass is 35.5. The second-order valence-electron chi connectivity index (χ2n) is 6.57. The second kappa shape index (κ2) is 10.6. The van der Waals surface area contributed by atoms with Crippen molar-refractivity contribution in [2.75, 3.05) is 19.0 Å². The minimum absolute atomic E-state index is 0.0601. The Bertz CT molecular complexity index is 826. The van der Waals surface area contributed by atoms with Crippen molar-refractivity contribution in [2.24, 2.45) is 0 Å². The number of anilines is 1. The van der Waals surface area contributed by atoms with Gasteiger partial charge in [0, 0.05) is 29.7 Å². The lowest BCUT2D eigenvalue weighted by Crippen LogP contribution is -2.42. The van der Waals surface area contributed by atoms with Crippen molar-refractivity contribution >= 4 is 29.2 Å². The molecule has 0 saturated carbocycles. The van der Waals surface area contributed by atoms with Gasteiger partial charge in [-0.1, -0.05) is 29.8 Å². The molecule has 1 unspecified atom stereocenters. The van der Waals surface area contributed by atoms with Crippen LogP contribution in [-0.4, -0.2) is 31.6 Å². The number of ether oxygens (including phenoxy) is 1. The first kappa shape index (κ1) is 21.6. The lowest BCUT2D eigenvalue weighted by atomic mass is 10.1. The first-order valence-corrected chi connectivity index (χ1v) is 9.49. The molecule has 2 aromatic carbocycles. The fourth-order valence-electron chi connectivity index (χ4n) is 2.72. The van der Waals surface area contributed by atoms with E-state index in [9.17, 15) is 9.59 Å². The molecule has 1 atom stereocenters. The van der Waals surface area contributed by atoms with Gasteiger partial charge in [-0.15, -0.1) is 0 Å². The fourth-order valence-corrected chi connectivity index (χ4v) is 2.90. The van der Waals surface area contributed by atoms with Crippen LogP contribution in [0.1, 0.15) is 24.5 Å². The molecule has 150 valence electrons. The van der Waals surface area contributed by atoms with Gasteiger partial charge in [0.2, 0.25) is 5.91 Å². The zero-order valence-electron chi connectivity index (χ0n) is 16.3. The SMILES string of the molecule is COc1cccc(CC(C)NC(=O)NCCC(=O)Nc2cccc(Cl)c2C)c1. The fraction of sp³-hybridized carbons (Fsp3) is 0.333. The maximum Gasteiger partial charge on any atom is 0.315 e. The summed E-state index contributed by atoms with van der Waals surface area (Å²) in [5.74, 6) is 0.602. The number of benzene rings is 2. The van der Waals surface area contributed by atoms with E-state index in [1.54, 1.807) is 25.3 Å². The highest BCUT2D eigenvalue weighted by Gasteiger charge is 2.10. The van der Waals surface area contributed by atoms with Gasteiger partial charge in [0.1, 0.15) is 5.75 Å². The molecule has 0 bridgehead atoms. The lowest BCUT2D eigenvalue weighted by molar-refractivity contribution is -0.116. The molecule has 28 heavy (non-hydrogen) atoms. The maximum absolute atomic E-state index is 12.0. The van der Waals surface area contributed by atoms with Crippen LogP contribution in [0.25, 0.3) is 0 Å². The van der Waals surface area contributed by atoms with E-state index in [4.69, 9.17) is 16.3 Å². The predicted molar refractivity (Wildman–Crippen MR) is 112 cm³/mol. The summed E-state index contributed by atoms with van der Waals surface area (Å²) in [7, 11) is 1.62. The Morgan fingerprint density at radius 3 is 2.68 bits per heavy atom. The number of urea groups is 1. The van der Waals surface area contributed by atoms with Gasteiger partial charge in [-0.25, -0.2) is 4.79 Å². The van der Waals surface area contributed by atoms with Crippen LogP contribution in [-0.2, 0) is 11.2 Å². The van der Waals surface area contributed by atoms with E-state index in [0.29, 0.717) is 17.1 Å². The van der Waals surface area contributed by atoms with Crippen LogP contribution in [0.3, 0.4) is 0 Å². The van der Waals surface area contributed by atoms with Crippen molar-refractivity contribution in [1.82, 2.24) is 10.6 Å². The molecule has 0 fully saturated rings. The molecule has 0 saturated heterocycles. The normalized spacial score (nSPS) is 11.4. The third-order valence-corrected chi connectivity index (χ3v) is 4.64. The summed E-state index contributed by atoms with van der Waals surface area (Å²) in [6, 6.07) is 12.7. The molecule has 0 aliphatic heterocycles. The zero-order valence-corrected chi connectivity index (χ0v) is 17.1. The molecule has 0 spiro atoms. The quantitative estimate of drug-likeness (QED) is 0.625. The van der Waals surface area contributed by atoms with Crippen LogP contribution < -0.4 is 20.7 Å². The van der Waals surface area contributed by atoms with Crippen LogP contribution in [0.5, 0.6) is 5.75 Å². The van der Waals surface area contributed by atoms with Gasteiger partial charge < -0.3 is 20.7 Å². The van der Waals surface area contributed by atoms with Gasteiger partial charge in [0.25, 0.3) is 0 Å². The van der Waals surface area contributed by atoms with Gasteiger partial charge in [-0.2, -0.15) is 0 Å². The smallest absolute Gasteiger partial charge is 0.315 e. The van der Waals surface area contributed by atoms with E-state index in [2.05, 4.69) is 16.0 Å². The largest absolute Gasteiger partial charge is 0.497 e. The average Bonchev–Trinajstić information content (AvgIpc) is 2.65. The number of rotatable bonds is 8. The van der Waals surface area contributed by atoms with Crippen LogP contribution >= 0.6 is 11.6 Å². The highest BCUT2D eigenvalue weighted by Crippen LogP contribution is 2.22. The number of hydrogen-bond donors (Lipinski definition) is 3. The summed E-state index contributed by atoms with van der Waals surface area (Å²) >= 11 is 6.04. The van der Waals surface area contributed by atoms with E-state index in [0.717, 1.165) is 16.9 Å². The van der Waals surface area contributed by atoms with Gasteiger partial charge in [0.15, 0.2) is 0 Å². The van der Waals surface area contributed by atoms with E-state index in [-0.39, 0.29) is 30.9 Å². The Balaban J connectivity index is 1.71. The molecule has 6 nitrogen and oxygen atoms in total. The first-order valence-electron chi connectivity index (χ1n) is 9.11. The van der Waals surface area contributed by atoms with E-state index >= 15 is 0 Å². The maximum atomic E-state index is 12.0. The predicted octanol–water partition coefficient (Wildman–Crippen LogP) is 3.92. The van der Waals surface area contributed by atoms with Gasteiger partial charge in [-0.3, -0.25) is 4.79 Å². The summed E-state index contributed by atoms with van der Waals surface area (Å²) in [5.41, 5.74) is 2.56. The molecule has 3 N–H and O–H groups in total. The van der Waals surface area contributed by atoms with Crippen LogP contribution in [0.2, 0.25) is 5.02 Å². The van der Waals surface area contributed by atoms with E-state index < -0.39 is 0 Å². The zero-order chi connectivity index (χ0) is 20.5. The molecule has 3 amide bonds. The molecule has 2 rings (SSSR count). The summed E-state index contributed by atoms with van der Waals surface area (Å²) in [6.45, 7) is 4.00. The minimum atomic E-state index is -0.304. The van der Waals surface area contributed by atoms with Crippen LogP contribution in [0.4, 0.5) is 10.5 Å². The molecular weight excluding hydrogens is 378 g/mol. The average molecular weight is 404 g/mol. The van der Waals surface area contributed by atoms with Crippen molar-refractivity contribution in [1.29, 1.82) is 0 Å². The van der Waals surface area contributed by atoms with Crippen molar-refractivity contribution in [3.05, 3.63) is 58.6 Å². The molecule has 2 aromatic rings. The molecule has 0 heterocycles. The van der Waals surface area contributed by atoms with Gasteiger partial charge >= 0.3 is 6.03 Å². The number of hydrogen-bond acceptors (Lipinski definition) is 3. The Kier molecular flexibility index (Phi) is 8.14. The molecule has 0 aliphatic carbocycles. The van der Waals surface area contributed by atoms with Crippen molar-refractivity contribution in [2.45, 2.75) is 32.7 Å². The van der Waals surface area contributed by atoms with Crippen molar-refractivity contribution < 1.29 is 14.3 Å². The molecular formula is C21H26ClN3O3. The monoisotopic (exact) mass is 403 g/mol. The van der Waals surface area contributed by atoms with Crippen LogP contribution in [0.15, 0.2) is 42.5 Å². The molecule has 0 aromatic heterocycles. The first-order chi connectivity index (χ1) is 13.4. The highest BCUT2D eigenvalue weighted by molar-refractivity contribution is 6.31. The van der Waals surface area contributed by atoms with E-state index in [1.807, 2.05) is 38.1 Å². The number of carbonyl (C=O) groups excluding carboxylic acids is 2. The summed E-state index contributed by atoms with van der Waals surface area (Å²) in [5, 5.41) is 8.97. The number of nitrogens with one attached hydrogen (secondary N) is 3. The Labute approximate surface area is 170 Å². The lowest BCUT2D eigenvalue weighted by Gasteiger charge is -2.15. The third kappa shape index (κ3) is 6.78. The second-order valence-corrected chi connectivity index (χ2v) is 6.97. The number of carbonyl (C=O) groups is 2. The number of amides is 3. The van der Waals surface area contributed by atoms with Gasteiger partial charge in [0.05, 0.1) is 7.11 Å². The minimum Gasteiger partial charge on any atom is -0.497 e. The Hall–Kier alpha value is -2.73. The van der Waals surface area contributed by atoms with E-state index in [1.165, 1.54) is 0 Å². The molecule has 0 radical (unpaired) electrons. The van der Waals surface area contributed by atoms with Crippen molar-refractivity contribution in [3.63, 3.8) is 0 Å². The van der Waals surface area contributed by atoms with Crippen LogP contribution in [0, 0.1) is 6.92 Å². The summed E-state index contributed by atoms with van der Waals surface area (Å²) < 4.78 is 5.20. The Morgan fingerprint density at radius 2 is 1.93 bits per heavy atom. The van der Waals surface area contributed by atoms with Crippen molar-refractivity contribution in [3.8, 4) is 5.75 Å². The topological polar surface area (TPSA) is 79.5 Å². The Morgan fingerprint density at radius 1 is 1.18 bits per heavy atom. The molecule has 7 heteroatoms. The van der Waals surface area contributed by atoms with Gasteiger partial charge in [-0.05, 0) is 55.7 Å². The number of methoxy groups -OCH3 is 1. The third-order valence-electron chi connectivity index (χ3n) is 4.23. The summed E-state index contributed by atoms with van der Waals surface area (Å²) in [4.78, 5) is 24.1. The molecule has 0 aliphatic rings. The number of halogens is 1.